The normalized spacial score (nSPS) is 15.5. The van der Waals surface area contributed by atoms with Crippen LogP contribution in [-0.2, 0) is 4.79 Å². The Morgan fingerprint density at radius 3 is 2.83 bits per heavy atom. The number of amides is 3. The number of carbonyl (C=O) groups excluding carboxylic acids is 2. The van der Waals surface area contributed by atoms with Gasteiger partial charge in [0.05, 0.1) is 17.9 Å². The van der Waals surface area contributed by atoms with Crippen LogP contribution in [0.4, 0.5) is 10.5 Å². The summed E-state index contributed by atoms with van der Waals surface area (Å²) in [5.74, 6) is 0.142. The highest BCUT2D eigenvalue weighted by molar-refractivity contribution is 5.89. The largest absolute Gasteiger partial charge is 0.340 e. The molecule has 3 N–H and O–H groups in total. The van der Waals surface area contributed by atoms with E-state index in [1.165, 1.54) is 6.20 Å². The second-order valence-electron chi connectivity index (χ2n) is 5.49. The third-order valence-corrected chi connectivity index (χ3v) is 3.84. The van der Waals surface area contributed by atoms with Crippen molar-refractivity contribution < 1.29 is 9.59 Å². The Kier molecular flexibility index (Phi) is 4.56. The van der Waals surface area contributed by atoms with Crippen molar-refractivity contribution in [2.45, 2.75) is 18.9 Å². The van der Waals surface area contributed by atoms with Gasteiger partial charge in [0.25, 0.3) is 0 Å². The van der Waals surface area contributed by atoms with Crippen LogP contribution in [-0.4, -0.2) is 40.1 Å². The molecule has 0 unspecified atom stereocenters. The number of urea groups is 1. The van der Waals surface area contributed by atoms with Gasteiger partial charge < -0.3 is 15.5 Å². The van der Waals surface area contributed by atoms with E-state index in [0.717, 1.165) is 18.5 Å². The molecule has 1 aromatic heterocycles. The molecule has 7 nitrogen and oxygen atoms in total. The highest BCUT2D eigenvalue weighted by atomic mass is 16.2. The molecule has 3 amide bonds. The molecule has 0 aliphatic carbocycles. The first kappa shape index (κ1) is 15.1. The lowest BCUT2D eigenvalue weighted by Gasteiger charge is -2.25. The molecule has 7 heteroatoms. The standard InChI is InChI=1S/C16H19N5O2/c22-15-7-4-8-21(15)11-14(12-5-2-1-3-6-12)20-16(23)19-13-9-17-18-10-13/h1-3,5-6,9-10,14H,4,7-8,11H2,(H,17,18)(H2,19,20,23)/t14-/m1/s1. The van der Waals surface area contributed by atoms with E-state index in [9.17, 15) is 9.59 Å². The zero-order chi connectivity index (χ0) is 16.1. The molecule has 1 aliphatic rings. The lowest BCUT2D eigenvalue weighted by molar-refractivity contribution is -0.128. The zero-order valence-corrected chi connectivity index (χ0v) is 12.7. The van der Waals surface area contributed by atoms with Gasteiger partial charge in [0.2, 0.25) is 5.91 Å². The quantitative estimate of drug-likeness (QED) is 0.787. The number of carbonyl (C=O) groups is 2. The van der Waals surface area contributed by atoms with Crippen LogP contribution in [0.25, 0.3) is 0 Å². The predicted octanol–water partition coefficient (Wildman–Crippen LogP) is 1.89. The van der Waals surface area contributed by atoms with Gasteiger partial charge in [-0.05, 0) is 12.0 Å². The molecule has 2 heterocycles. The van der Waals surface area contributed by atoms with Gasteiger partial charge >= 0.3 is 6.03 Å². The van der Waals surface area contributed by atoms with Crippen LogP contribution in [0.5, 0.6) is 0 Å². The lowest BCUT2D eigenvalue weighted by atomic mass is 10.1. The SMILES string of the molecule is O=C(Nc1cn[nH]c1)N[C@H](CN1CCCC1=O)c1ccccc1. The van der Waals surface area contributed by atoms with Gasteiger partial charge in [0.1, 0.15) is 0 Å². The van der Waals surface area contributed by atoms with Crippen LogP contribution in [0.15, 0.2) is 42.7 Å². The third-order valence-electron chi connectivity index (χ3n) is 3.84. The number of H-pyrrole nitrogens is 1. The number of nitrogens with zero attached hydrogens (tertiary/aromatic N) is 2. The maximum absolute atomic E-state index is 12.2. The second-order valence-corrected chi connectivity index (χ2v) is 5.49. The summed E-state index contributed by atoms with van der Waals surface area (Å²) in [6.45, 7) is 1.22. The van der Waals surface area contributed by atoms with Crippen LogP contribution in [0.3, 0.4) is 0 Å². The molecule has 1 saturated heterocycles. The van der Waals surface area contributed by atoms with Crippen LogP contribution >= 0.6 is 0 Å². The van der Waals surface area contributed by atoms with E-state index in [2.05, 4.69) is 20.8 Å². The van der Waals surface area contributed by atoms with Crippen molar-refractivity contribution in [1.82, 2.24) is 20.4 Å². The Bertz CT molecular complexity index is 656. The molecule has 0 bridgehead atoms. The highest BCUT2D eigenvalue weighted by Crippen LogP contribution is 2.18. The number of benzene rings is 1. The van der Waals surface area contributed by atoms with E-state index in [0.29, 0.717) is 18.7 Å². The van der Waals surface area contributed by atoms with Crippen LogP contribution < -0.4 is 10.6 Å². The zero-order valence-electron chi connectivity index (χ0n) is 12.7. The molecule has 1 aromatic carbocycles. The maximum Gasteiger partial charge on any atom is 0.319 e. The summed E-state index contributed by atoms with van der Waals surface area (Å²) >= 11 is 0. The van der Waals surface area contributed by atoms with E-state index in [4.69, 9.17) is 0 Å². The van der Waals surface area contributed by atoms with Crippen molar-refractivity contribution in [3.8, 4) is 0 Å². The van der Waals surface area contributed by atoms with Crippen LogP contribution in [0, 0.1) is 0 Å². The summed E-state index contributed by atoms with van der Waals surface area (Å²) in [5.41, 5.74) is 1.56. The molecular formula is C16H19N5O2. The Morgan fingerprint density at radius 2 is 2.17 bits per heavy atom. The second kappa shape index (κ2) is 6.95. The fourth-order valence-electron chi connectivity index (χ4n) is 2.68. The minimum absolute atomic E-state index is 0.142. The van der Waals surface area contributed by atoms with Crippen molar-refractivity contribution in [1.29, 1.82) is 0 Å². The number of aromatic amines is 1. The Morgan fingerprint density at radius 1 is 1.35 bits per heavy atom. The van der Waals surface area contributed by atoms with Crippen molar-refractivity contribution in [2.75, 3.05) is 18.4 Å². The molecule has 0 radical (unpaired) electrons. The van der Waals surface area contributed by atoms with Gasteiger partial charge in [-0.2, -0.15) is 5.10 Å². The van der Waals surface area contributed by atoms with Gasteiger partial charge in [-0.15, -0.1) is 0 Å². The number of anilines is 1. The summed E-state index contributed by atoms with van der Waals surface area (Å²) < 4.78 is 0. The van der Waals surface area contributed by atoms with E-state index in [1.807, 2.05) is 30.3 Å². The highest BCUT2D eigenvalue weighted by Gasteiger charge is 2.25. The van der Waals surface area contributed by atoms with Gasteiger partial charge in [0, 0.05) is 25.7 Å². The fraction of sp³-hybridized carbons (Fsp3) is 0.312. The first-order chi connectivity index (χ1) is 11.2. The topological polar surface area (TPSA) is 90.1 Å². The van der Waals surface area contributed by atoms with Gasteiger partial charge in [-0.1, -0.05) is 30.3 Å². The molecule has 1 aliphatic heterocycles. The molecule has 0 saturated carbocycles. The van der Waals surface area contributed by atoms with Crippen molar-refractivity contribution in [3.63, 3.8) is 0 Å². The van der Waals surface area contributed by atoms with Crippen molar-refractivity contribution >= 4 is 17.6 Å². The van der Waals surface area contributed by atoms with Crippen molar-refractivity contribution in [2.24, 2.45) is 0 Å². The first-order valence-electron chi connectivity index (χ1n) is 7.61. The lowest BCUT2D eigenvalue weighted by Crippen LogP contribution is -2.40. The molecule has 1 atom stereocenters. The minimum Gasteiger partial charge on any atom is -0.340 e. The predicted molar refractivity (Wildman–Crippen MR) is 85.7 cm³/mol. The van der Waals surface area contributed by atoms with E-state index < -0.39 is 0 Å². The summed E-state index contributed by atoms with van der Waals surface area (Å²) in [6, 6.07) is 9.07. The Hall–Kier alpha value is -2.83. The summed E-state index contributed by atoms with van der Waals surface area (Å²) in [7, 11) is 0. The number of nitrogens with one attached hydrogen (secondary N) is 3. The summed E-state index contributed by atoms with van der Waals surface area (Å²) in [4.78, 5) is 25.9. The first-order valence-corrected chi connectivity index (χ1v) is 7.61. The van der Waals surface area contributed by atoms with E-state index in [-0.39, 0.29) is 18.0 Å². The minimum atomic E-state index is -0.327. The summed E-state index contributed by atoms with van der Waals surface area (Å²) in [5, 5.41) is 12.1. The molecule has 23 heavy (non-hydrogen) atoms. The van der Waals surface area contributed by atoms with Crippen molar-refractivity contribution in [3.05, 3.63) is 48.3 Å². The number of hydrogen-bond donors (Lipinski definition) is 3. The fourth-order valence-corrected chi connectivity index (χ4v) is 2.68. The summed E-state index contributed by atoms with van der Waals surface area (Å²) in [6.07, 6.45) is 4.59. The molecule has 3 rings (SSSR count). The molecule has 120 valence electrons. The smallest absolute Gasteiger partial charge is 0.319 e. The number of aromatic nitrogens is 2. The van der Waals surface area contributed by atoms with Crippen LogP contribution in [0.1, 0.15) is 24.4 Å². The monoisotopic (exact) mass is 313 g/mol. The molecule has 1 fully saturated rings. The number of likely N-dealkylation sites (tertiary alicyclic amines) is 1. The third kappa shape index (κ3) is 3.88. The number of rotatable bonds is 5. The van der Waals surface area contributed by atoms with Crippen LogP contribution in [0.2, 0.25) is 0 Å². The molecule has 2 aromatic rings. The maximum atomic E-state index is 12.2. The van der Waals surface area contributed by atoms with Gasteiger partial charge in [-0.3, -0.25) is 9.89 Å². The average Bonchev–Trinajstić information content (AvgIpc) is 3.20. The average molecular weight is 313 g/mol. The van der Waals surface area contributed by atoms with E-state index >= 15 is 0 Å². The number of hydrogen-bond acceptors (Lipinski definition) is 3. The Labute approximate surface area is 134 Å². The van der Waals surface area contributed by atoms with Gasteiger partial charge in [0.15, 0.2) is 0 Å². The Balaban J connectivity index is 1.69. The van der Waals surface area contributed by atoms with E-state index in [1.54, 1.807) is 11.1 Å². The molecule has 0 spiro atoms. The van der Waals surface area contributed by atoms with Gasteiger partial charge in [-0.25, -0.2) is 4.79 Å². The molecular weight excluding hydrogens is 294 g/mol.